The number of hydrogen-bond acceptors (Lipinski definition) is 1. The first-order valence-electron chi connectivity index (χ1n) is 6.21. The van der Waals surface area contributed by atoms with Crippen LogP contribution in [0.3, 0.4) is 0 Å². The second-order valence-electron chi connectivity index (χ2n) is 4.78. The Bertz CT molecular complexity index is 502. The van der Waals surface area contributed by atoms with Crippen molar-refractivity contribution in [2.24, 2.45) is 0 Å². The van der Waals surface area contributed by atoms with Gasteiger partial charge in [0.1, 0.15) is 0 Å². The average molecular weight is 260 g/mol. The van der Waals surface area contributed by atoms with Crippen LogP contribution in [0.1, 0.15) is 40.5 Å². The summed E-state index contributed by atoms with van der Waals surface area (Å²) in [5, 5.41) is -0.00593. The fourth-order valence-electron chi connectivity index (χ4n) is 2.35. The molecule has 1 heterocycles. The van der Waals surface area contributed by atoms with E-state index in [9.17, 15) is 0 Å². The van der Waals surface area contributed by atoms with Crippen molar-refractivity contribution in [2.45, 2.75) is 32.1 Å². The van der Waals surface area contributed by atoms with Crippen LogP contribution in [0.2, 0.25) is 0 Å². The summed E-state index contributed by atoms with van der Waals surface area (Å²) in [5.74, 6) is 0.273. The summed E-state index contributed by atoms with van der Waals surface area (Å²) in [6.45, 7) is 6.41. The number of hydrogen-bond donors (Lipinski definition) is 0. The molecule has 2 rings (SSSR count). The third-order valence-corrected chi connectivity index (χ3v) is 4.08. The summed E-state index contributed by atoms with van der Waals surface area (Å²) in [5.41, 5.74) is 5.00. The molecule has 2 heteroatoms. The molecular weight excluding hydrogens is 242 g/mol. The number of aromatic nitrogens is 1. The van der Waals surface area contributed by atoms with Gasteiger partial charge in [0.15, 0.2) is 0 Å². The Labute approximate surface area is 114 Å². The zero-order valence-electron chi connectivity index (χ0n) is 11.0. The molecule has 2 unspecified atom stereocenters. The van der Waals surface area contributed by atoms with Gasteiger partial charge < -0.3 is 0 Å². The summed E-state index contributed by atoms with van der Waals surface area (Å²) in [7, 11) is 0. The standard InChI is InChI=1S/C16H18ClN/c1-11-5-4-6-12(2)15(11)16(17)13(3)14-7-9-18-10-8-14/h4-10,13,16H,1-3H3. The highest BCUT2D eigenvalue weighted by atomic mass is 35.5. The largest absolute Gasteiger partial charge is 0.265 e. The normalized spacial score (nSPS) is 14.2. The molecule has 2 atom stereocenters. The maximum atomic E-state index is 6.68. The quantitative estimate of drug-likeness (QED) is 0.723. The monoisotopic (exact) mass is 259 g/mol. The van der Waals surface area contributed by atoms with E-state index in [2.05, 4.69) is 44.0 Å². The van der Waals surface area contributed by atoms with E-state index in [1.54, 1.807) is 0 Å². The van der Waals surface area contributed by atoms with Crippen molar-refractivity contribution < 1.29 is 0 Å². The van der Waals surface area contributed by atoms with Crippen LogP contribution in [0.25, 0.3) is 0 Å². The lowest BCUT2D eigenvalue weighted by molar-refractivity contribution is 0.723. The molecule has 0 radical (unpaired) electrons. The van der Waals surface area contributed by atoms with Crippen molar-refractivity contribution in [1.29, 1.82) is 0 Å². The van der Waals surface area contributed by atoms with Crippen LogP contribution >= 0.6 is 11.6 Å². The predicted octanol–water partition coefficient (Wildman–Crippen LogP) is 4.78. The minimum Gasteiger partial charge on any atom is -0.265 e. The Morgan fingerprint density at radius 1 is 1.00 bits per heavy atom. The van der Waals surface area contributed by atoms with E-state index in [1.165, 1.54) is 22.3 Å². The van der Waals surface area contributed by atoms with Crippen molar-refractivity contribution in [3.8, 4) is 0 Å². The van der Waals surface area contributed by atoms with E-state index >= 15 is 0 Å². The minimum absolute atomic E-state index is 0.00593. The third-order valence-electron chi connectivity index (χ3n) is 3.49. The molecule has 0 spiro atoms. The molecule has 18 heavy (non-hydrogen) atoms. The Kier molecular flexibility index (Phi) is 4.03. The number of alkyl halides is 1. The molecule has 0 aliphatic rings. The highest BCUT2D eigenvalue weighted by molar-refractivity contribution is 6.21. The van der Waals surface area contributed by atoms with Crippen LogP contribution in [0.5, 0.6) is 0 Å². The van der Waals surface area contributed by atoms with Crippen LogP contribution in [-0.4, -0.2) is 4.98 Å². The summed E-state index contributed by atoms with van der Waals surface area (Å²) in [4.78, 5) is 4.05. The van der Waals surface area contributed by atoms with Gasteiger partial charge in [0, 0.05) is 18.3 Å². The highest BCUT2D eigenvalue weighted by Crippen LogP contribution is 2.38. The van der Waals surface area contributed by atoms with E-state index in [0.717, 1.165) is 0 Å². The fraction of sp³-hybridized carbons (Fsp3) is 0.312. The molecule has 0 aliphatic carbocycles. The van der Waals surface area contributed by atoms with Crippen LogP contribution in [0.15, 0.2) is 42.7 Å². The fourth-order valence-corrected chi connectivity index (χ4v) is 2.84. The second-order valence-corrected chi connectivity index (χ2v) is 5.25. The van der Waals surface area contributed by atoms with Gasteiger partial charge in [-0.15, -0.1) is 11.6 Å². The second kappa shape index (κ2) is 5.53. The lowest BCUT2D eigenvalue weighted by Gasteiger charge is -2.22. The summed E-state index contributed by atoms with van der Waals surface area (Å²) in [6.07, 6.45) is 3.64. The third kappa shape index (κ3) is 2.56. The molecule has 1 aromatic heterocycles. The average Bonchev–Trinajstić information content (AvgIpc) is 2.38. The Hall–Kier alpha value is -1.34. The predicted molar refractivity (Wildman–Crippen MR) is 77.2 cm³/mol. The van der Waals surface area contributed by atoms with Gasteiger partial charge >= 0.3 is 0 Å². The van der Waals surface area contributed by atoms with E-state index in [0.29, 0.717) is 0 Å². The summed E-state index contributed by atoms with van der Waals surface area (Å²) in [6, 6.07) is 10.4. The van der Waals surface area contributed by atoms with Gasteiger partial charge in [0.2, 0.25) is 0 Å². The van der Waals surface area contributed by atoms with Crippen LogP contribution in [0, 0.1) is 13.8 Å². The molecule has 0 aliphatic heterocycles. The molecule has 0 N–H and O–H groups in total. The Morgan fingerprint density at radius 2 is 1.56 bits per heavy atom. The number of rotatable bonds is 3. The lowest BCUT2D eigenvalue weighted by Crippen LogP contribution is -2.06. The highest BCUT2D eigenvalue weighted by Gasteiger charge is 2.21. The zero-order chi connectivity index (χ0) is 13.1. The van der Waals surface area contributed by atoms with Gasteiger partial charge in [-0.1, -0.05) is 25.1 Å². The van der Waals surface area contributed by atoms with Gasteiger partial charge in [0.05, 0.1) is 5.38 Å². The summed E-state index contributed by atoms with van der Waals surface area (Å²) < 4.78 is 0. The number of halogens is 1. The van der Waals surface area contributed by atoms with Gasteiger partial charge in [-0.05, 0) is 48.2 Å². The molecule has 0 fully saturated rings. The molecule has 0 amide bonds. The number of nitrogens with zero attached hydrogens (tertiary/aromatic N) is 1. The van der Waals surface area contributed by atoms with Crippen molar-refractivity contribution in [3.63, 3.8) is 0 Å². The number of benzene rings is 1. The van der Waals surface area contributed by atoms with Gasteiger partial charge in [-0.25, -0.2) is 0 Å². The topological polar surface area (TPSA) is 12.9 Å². The SMILES string of the molecule is Cc1cccc(C)c1C(Cl)C(C)c1ccncc1. The maximum Gasteiger partial charge on any atom is 0.0656 e. The molecule has 1 aromatic carbocycles. The molecule has 0 bridgehead atoms. The molecule has 0 saturated carbocycles. The molecule has 2 aromatic rings. The zero-order valence-corrected chi connectivity index (χ0v) is 11.8. The summed E-state index contributed by atoms with van der Waals surface area (Å²) >= 11 is 6.68. The molecule has 1 nitrogen and oxygen atoms in total. The van der Waals surface area contributed by atoms with E-state index < -0.39 is 0 Å². The Balaban J connectivity index is 2.34. The molecule has 0 saturated heterocycles. The van der Waals surface area contributed by atoms with E-state index in [-0.39, 0.29) is 11.3 Å². The lowest BCUT2D eigenvalue weighted by atomic mass is 9.89. The van der Waals surface area contributed by atoms with Gasteiger partial charge in [-0.3, -0.25) is 4.98 Å². The number of aryl methyl sites for hydroxylation is 2. The van der Waals surface area contributed by atoms with E-state index in [4.69, 9.17) is 11.6 Å². The van der Waals surface area contributed by atoms with Gasteiger partial charge in [-0.2, -0.15) is 0 Å². The first-order chi connectivity index (χ1) is 8.61. The van der Waals surface area contributed by atoms with Crippen molar-refractivity contribution in [2.75, 3.05) is 0 Å². The van der Waals surface area contributed by atoms with Crippen molar-refractivity contribution in [1.82, 2.24) is 4.98 Å². The smallest absolute Gasteiger partial charge is 0.0656 e. The van der Waals surface area contributed by atoms with Crippen molar-refractivity contribution >= 4 is 11.6 Å². The minimum atomic E-state index is -0.00593. The molecular formula is C16H18ClN. The first-order valence-corrected chi connectivity index (χ1v) is 6.65. The molecule has 94 valence electrons. The maximum absolute atomic E-state index is 6.68. The van der Waals surface area contributed by atoms with E-state index in [1.807, 2.05) is 24.5 Å². The Morgan fingerprint density at radius 3 is 2.11 bits per heavy atom. The van der Waals surface area contributed by atoms with Crippen molar-refractivity contribution in [3.05, 3.63) is 65.0 Å². The number of pyridine rings is 1. The van der Waals surface area contributed by atoms with Crippen LogP contribution in [0.4, 0.5) is 0 Å². The van der Waals surface area contributed by atoms with Crippen LogP contribution in [-0.2, 0) is 0 Å². The first kappa shape index (κ1) is 13.1. The van der Waals surface area contributed by atoms with Gasteiger partial charge in [0.25, 0.3) is 0 Å². The van der Waals surface area contributed by atoms with Crippen LogP contribution < -0.4 is 0 Å².